The van der Waals surface area contributed by atoms with E-state index in [9.17, 15) is 0 Å². The topological polar surface area (TPSA) is 50.4 Å². The zero-order valence-electron chi connectivity index (χ0n) is 10.0. The van der Waals surface area contributed by atoms with Gasteiger partial charge in [0.25, 0.3) is 0 Å². The lowest BCUT2D eigenvalue weighted by atomic mass is 10.0. The van der Waals surface area contributed by atoms with Crippen LogP contribution in [0.4, 0.5) is 0 Å². The number of nitrogens with zero attached hydrogens (tertiary/aromatic N) is 1. The van der Waals surface area contributed by atoms with Crippen LogP contribution in [0.5, 0.6) is 0 Å². The fourth-order valence-corrected chi connectivity index (χ4v) is 2.08. The minimum atomic E-state index is 0.142. The number of nitrogens with two attached hydrogens (primary N) is 1. The van der Waals surface area contributed by atoms with Crippen LogP contribution in [0.15, 0.2) is 64.2 Å². The Hall–Kier alpha value is -1.72. The molecule has 0 heterocycles. The fraction of sp³-hybridized carbons (Fsp3) is 0. The molecule has 0 atom stereocenters. The number of thiocarbonyl (C=S) groups is 1. The van der Waals surface area contributed by atoms with Gasteiger partial charge >= 0.3 is 0 Å². The number of nitrogens with one attached hydrogen (secondary N) is 1. The molecule has 19 heavy (non-hydrogen) atoms. The molecule has 96 valence electrons. The number of hydrazone groups is 1. The summed E-state index contributed by atoms with van der Waals surface area (Å²) in [6, 6.07) is 17.8. The summed E-state index contributed by atoms with van der Waals surface area (Å²) >= 11 is 8.25. The normalized spacial score (nSPS) is 11.1. The summed E-state index contributed by atoms with van der Waals surface area (Å²) in [7, 11) is 0. The molecule has 2 aromatic rings. The minimum Gasteiger partial charge on any atom is -0.375 e. The lowest BCUT2D eigenvalue weighted by Crippen LogP contribution is -2.26. The van der Waals surface area contributed by atoms with Crippen LogP contribution in [0, 0.1) is 0 Å². The number of rotatable bonds is 3. The SMILES string of the molecule is NC(=S)NN=C(c1ccccc1)c1cccc(Br)c1. The zero-order valence-corrected chi connectivity index (χ0v) is 12.4. The summed E-state index contributed by atoms with van der Waals surface area (Å²) in [5.74, 6) is 0. The predicted octanol–water partition coefficient (Wildman–Crippen LogP) is 3.03. The maximum Gasteiger partial charge on any atom is 0.184 e. The molecule has 0 aromatic heterocycles. The van der Waals surface area contributed by atoms with Crippen LogP contribution in [-0.2, 0) is 0 Å². The van der Waals surface area contributed by atoms with Crippen molar-refractivity contribution in [1.29, 1.82) is 0 Å². The molecule has 0 saturated heterocycles. The Balaban J connectivity index is 2.46. The van der Waals surface area contributed by atoms with Gasteiger partial charge < -0.3 is 5.73 Å². The number of halogens is 1. The fourth-order valence-electron chi connectivity index (χ4n) is 1.64. The van der Waals surface area contributed by atoms with Crippen molar-refractivity contribution in [3.05, 3.63) is 70.2 Å². The van der Waals surface area contributed by atoms with Crippen molar-refractivity contribution in [2.45, 2.75) is 0 Å². The Labute approximate surface area is 125 Å². The van der Waals surface area contributed by atoms with Crippen LogP contribution >= 0.6 is 28.1 Å². The Bertz CT molecular complexity index is 611. The van der Waals surface area contributed by atoms with E-state index < -0.39 is 0 Å². The molecule has 5 heteroatoms. The molecule has 0 unspecified atom stereocenters. The molecule has 0 aliphatic rings. The standard InChI is InChI=1S/C14H12BrN3S/c15-12-8-4-7-11(9-12)13(17-18-14(16)19)10-5-2-1-3-6-10/h1-9H,(H3,16,18,19). The van der Waals surface area contributed by atoms with E-state index in [1.807, 2.05) is 54.6 Å². The third kappa shape index (κ3) is 3.87. The quantitative estimate of drug-likeness (QED) is 0.515. The smallest absolute Gasteiger partial charge is 0.184 e. The van der Waals surface area contributed by atoms with Gasteiger partial charge in [-0.25, -0.2) is 0 Å². The maximum atomic E-state index is 5.43. The van der Waals surface area contributed by atoms with Gasteiger partial charge in [-0.3, -0.25) is 5.43 Å². The van der Waals surface area contributed by atoms with E-state index in [0.717, 1.165) is 21.3 Å². The first-order valence-electron chi connectivity index (χ1n) is 5.61. The highest BCUT2D eigenvalue weighted by atomic mass is 79.9. The number of benzene rings is 2. The first kappa shape index (κ1) is 13.7. The van der Waals surface area contributed by atoms with Crippen molar-refractivity contribution < 1.29 is 0 Å². The molecule has 2 rings (SSSR count). The van der Waals surface area contributed by atoms with E-state index in [-0.39, 0.29) is 5.11 Å². The van der Waals surface area contributed by atoms with E-state index >= 15 is 0 Å². The van der Waals surface area contributed by atoms with Crippen LogP contribution in [0.25, 0.3) is 0 Å². The zero-order chi connectivity index (χ0) is 13.7. The van der Waals surface area contributed by atoms with Gasteiger partial charge in [-0.2, -0.15) is 5.10 Å². The summed E-state index contributed by atoms with van der Waals surface area (Å²) in [6.45, 7) is 0. The molecule has 2 aromatic carbocycles. The lowest BCUT2D eigenvalue weighted by Gasteiger charge is -2.08. The molecule has 3 N–H and O–H groups in total. The summed E-state index contributed by atoms with van der Waals surface area (Å²) in [6.07, 6.45) is 0. The van der Waals surface area contributed by atoms with Crippen molar-refractivity contribution in [1.82, 2.24) is 5.43 Å². The van der Waals surface area contributed by atoms with Crippen molar-refractivity contribution in [3.8, 4) is 0 Å². The molecular formula is C14H12BrN3S. The highest BCUT2D eigenvalue weighted by molar-refractivity contribution is 9.10. The van der Waals surface area contributed by atoms with Gasteiger partial charge in [0.2, 0.25) is 0 Å². The molecule has 0 bridgehead atoms. The molecule has 0 amide bonds. The van der Waals surface area contributed by atoms with E-state index in [4.69, 9.17) is 18.0 Å². The van der Waals surface area contributed by atoms with Crippen LogP contribution in [-0.4, -0.2) is 10.8 Å². The van der Waals surface area contributed by atoms with Gasteiger partial charge in [0, 0.05) is 15.6 Å². The van der Waals surface area contributed by atoms with Gasteiger partial charge in [-0.15, -0.1) is 0 Å². The second-order valence-corrected chi connectivity index (χ2v) is 5.17. The Morgan fingerprint density at radius 1 is 1.05 bits per heavy atom. The van der Waals surface area contributed by atoms with Crippen molar-refractivity contribution in [2.24, 2.45) is 10.8 Å². The first-order valence-corrected chi connectivity index (χ1v) is 6.81. The summed E-state index contributed by atoms with van der Waals surface area (Å²) in [4.78, 5) is 0. The van der Waals surface area contributed by atoms with Gasteiger partial charge in [0.05, 0.1) is 5.71 Å². The predicted molar refractivity (Wildman–Crippen MR) is 86.1 cm³/mol. The third-order valence-electron chi connectivity index (χ3n) is 2.42. The molecule has 0 saturated carbocycles. The Morgan fingerprint density at radius 2 is 1.74 bits per heavy atom. The van der Waals surface area contributed by atoms with E-state index in [1.54, 1.807) is 0 Å². The number of hydrogen-bond acceptors (Lipinski definition) is 2. The van der Waals surface area contributed by atoms with Crippen molar-refractivity contribution in [2.75, 3.05) is 0 Å². The van der Waals surface area contributed by atoms with Crippen molar-refractivity contribution in [3.63, 3.8) is 0 Å². The van der Waals surface area contributed by atoms with E-state index in [2.05, 4.69) is 26.5 Å². The summed E-state index contributed by atoms with van der Waals surface area (Å²) in [5.41, 5.74) is 10.8. The Kier molecular flexibility index (Phi) is 4.65. The second-order valence-electron chi connectivity index (χ2n) is 3.81. The highest BCUT2D eigenvalue weighted by Gasteiger charge is 2.07. The second kappa shape index (κ2) is 6.45. The lowest BCUT2D eigenvalue weighted by molar-refractivity contribution is 1.03. The average Bonchev–Trinajstić information content (AvgIpc) is 2.40. The molecule has 0 fully saturated rings. The van der Waals surface area contributed by atoms with E-state index in [0.29, 0.717) is 0 Å². The van der Waals surface area contributed by atoms with Crippen molar-refractivity contribution >= 4 is 39.0 Å². The third-order valence-corrected chi connectivity index (χ3v) is 3.01. The monoisotopic (exact) mass is 333 g/mol. The number of hydrogen-bond donors (Lipinski definition) is 2. The van der Waals surface area contributed by atoms with Crippen LogP contribution in [0.3, 0.4) is 0 Å². The first-order chi connectivity index (χ1) is 9.16. The maximum absolute atomic E-state index is 5.43. The highest BCUT2D eigenvalue weighted by Crippen LogP contribution is 2.16. The summed E-state index contributed by atoms with van der Waals surface area (Å²) in [5, 5.41) is 4.43. The average molecular weight is 334 g/mol. The molecule has 0 aliphatic heterocycles. The van der Waals surface area contributed by atoms with Gasteiger partial charge in [0.1, 0.15) is 0 Å². The van der Waals surface area contributed by atoms with E-state index in [1.165, 1.54) is 0 Å². The minimum absolute atomic E-state index is 0.142. The van der Waals surface area contributed by atoms with Gasteiger partial charge in [-0.1, -0.05) is 58.4 Å². The molecule has 3 nitrogen and oxygen atoms in total. The molecule has 0 radical (unpaired) electrons. The molecule has 0 spiro atoms. The Morgan fingerprint density at radius 3 is 2.37 bits per heavy atom. The van der Waals surface area contributed by atoms with Crippen LogP contribution in [0.2, 0.25) is 0 Å². The van der Waals surface area contributed by atoms with Gasteiger partial charge in [0.15, 0.2) is 5.11 Å². The molecule has 0 aliphatic carbocycles. The van der Waals surface area contributed by atoms with Crippen LogP contribution < -0.4 is 11.2 Å². The van der Waals surface area contributed by atoms with Gasteiger partial charge in [-0.05, 0) is 24.4 Å². The summed E-state index contributed by atoms with van der Waals surface area (Å²) < 4.78 is 0.990. The van der Waals surface area contributed by atoms with Crippen LogP contribution in [0.1, 0.15) is 11.1 Å². The molecular weight excluding hydrogens is 322 g/mol. The largest absolute Gasteiger partial charge is 0.375 e.